The van der Waals surface area contributed by atoms with Crippen molar-refractivity contribution in [1.29, 1.82) is 0 Å². The summed E-state index contributed by atoms with van der Waals surface area (Å²) in [6.45, 7) is 2.13. The van der Waals surface area contributed by atoms with Crippen LogP contribution in [0, 0.1) is 23.7 Å². The van der Waals surface area contributed by atoms with Crippen molar-refractivity contribution in [2.45, 2.75) is 59.3 Å². The molecule has 0 heterocycles. The molecule has 9 nitrogen and oxygen atoms in total. The zero-order chi connectivity index (χ0) is 20.5. The first kappa shape index (κ1) is 28.1. The van der Waals surface area contributed by atoms with Crippen molar-refractivity contribution in [3.8, 4) is 0 Å². The molecule has 0 aromatic heterocycles. The van der Waals surface area contributed by atoms with Crippen LogP contribution in [0.15, 0.2) is 0 Å². The summed E-state index contributed by atoms with van der Waals surface area (Å²) in [6, 6.07) is 0. The smallest absolute Gasteiger partial charge is 0.265 e. The van der Waals surface area contributed by atoms with E-state index in [0.717, 1.165) is 57.0 Å². The third-order valence-electron chi connectivity index (χ3n) is 5.15. The fourth-order valence-electron chi connectivity index (χ4n) is 3.92. The molecule has 0 aromatic rings. The molecule has 0 spiro atoms. The first-order chi connectivity index (χ1) is 12.5. The Morgan fingerprint density at radius 2 is 1.29 bits per heavy atom. The maximum Gasteiger partial charge on any atom is 0.265 e. The molecule has 12 heteroatoms. The summed E-state index contributed by atoms with van der Waals surface area (Å²) in [5, 5.41) is 11.3. The van der Waals surface area contributed by atoms with Gasteiger partial charge in [0.2, 0.25) is 0 Å². The second kappa shape index (κ2) is 13.4. The van der Waals surface area contributed by atoms with E-state index >= 15 is 0 Å². The third-order valence-corrected chi connectivity index (χ3v) is 7.70. The van der Waals surface area contributed by atoms with Gasteiger partial charge < -0.3 is 0 Å². The molecule has 2 saturated carbocycles. The summed E-state index contributed by atoms with van der Waals surface area (Å²) >= 11 is 0.986. The lowest BCUT2D eigenvalue weighted by Gasteiger charge is -2.08. The van der Waals surface area contributed by atoms with Gasteiger partial charge in [0.05, 0.1) is 11.5 Å². The van der Waals surface area contributed by atoms with Crippen LogP contribution < -0.4 is 0 Å². The lowest BCUT2D eigenvalue weighted by atomic mass is 10.0. The summed E-state index contributed by atoms with van der Waals surface area (Å²) in [5.41, 5.74) is 0. The molecule has 0 aliphatic heterocycles. The van der Waals surface area contributed by atoms with Crippen molar-refractivity contribution in [3.63, 3.8) is 0 Å². The highest BCUT2D eigenvalue weighted by atomic mass is 32.2. The third kappa shape index (κ3) is 13.3. The van der Waals surface area contributed by atoms with E-state index in [2.05, 4.69) is 16.3 Å². The quantitative estimate of drug-likeness (QED) is 0.151. The van der Waals surface area contributed by atoms with Crippen LogP contribution in [0.4, 0.5) is 0 Å². The molecule has 2 fully saturated rings. The van der Waals surface area contributed by atoms with Crippen molar-refractivity contribution in [2.24, 2.45) is 23.7 Å². The summed E-state index contributed by atoms with van der Waals surface area (Å²) in [5.74, 6) is 1.69. The standard InChI is InChI=1S/C8H16O3S.C7H14O6S2.CH4/c1-2-7-3-4-8(5-7)6-12(9,10)11;8-12-13-14-4-6-1-2-7(3-6)5-15(9,10)11;/h7-8H,2-6H2,1H3,(H,9,10,11);6-8H,1-5H2,(H,9,10,11);1H4. The first-order valence-corrected chi connectivity index (χ1v) is 13.1. The zero-order valence-electron chi connectivity index (χ0n) is 15.4. The molecule has 2 aliphatic rings. The van der Waals surface area contributed by atoms with Gasteiger partial charge in [0.15, 0.2) is 0 Å². The fraction of sp³-hybridized carbons (Fsp3) is 1.00. The van der Waals surface area contributed by atoms with Crippen LogP contribution in [0.5, 0.6) is 0 Å². The van der Waals surface area contributed by atoms with E-state index in [-0.39, 0.29) is 30.8 Å². The highest BCUT2D eigenvalue weighted by molar-refractivity contribution is 7.94. The van der Waals surface area contributed by atoms with E-state index in [4.69, 9.17) is 14.4 Å². The second-order valence-electron chi connectivity index (χ2n) is 7.42. The number of hydrogen-bond acceptors (Lipinski definition) is 8. The number of hydrogen-bond donors (Lipinski definition) is 3. The topological polar surface area (TPSA) is 147 Å². The Hall–Kier alpha value is 0.0500. The van der Waals surface area contributed by atoms with Crippen molar-refractivity contribution in [3.05, 3.63) is 0 Å². The van der Waals surface area contributed by atoms with Gasteiger partial charge in [-0.15, -0.1) is 4.33 Å². The van der Waals surface area contributed by atoms with Gasteiger partial charge in [-0.1, -0.05) is 32.2 Å². The van der Waals surface area contributed by atoms with Gasteiger partial charge in [0.1, 0.15) is 0 Å². The van der Waals surface area contributed by atoms with E-state index in [1.54, 1.807) is 0 Å². The van der Waals surface area contributed by atoms with Gasteiger partial charge in [0, 0.05) is 17.8 Å². The van der Waals surface area contributed by atoms with Crippen LogP contribution in [0.2, 0.25) is 0 Å². The van der Waals surface area contributed by atoms with Gasteiger partial charge in [-0.25, -0.2) is 5.26 Å². The van der Waals surface area contributed by atoms with Gasteiger partial charge in [-0.05, 0) is 55.8 Å². The van der Waals surface area contributed by atoms with Crippen LogP contribution >= 0.6 is 12.0 Å². The lowest BCUT2D eigenvalue weighted by Crippen LogP contribution is -2.13. The highest BCUT2D eigenvalue weighted by Crippen LogP contribution is 2.34. The molecular formula is C16H34O9S3. The normalized spacial score (nSPS) is 27.7. The minimum Gasteiger partial charge on any atom is -0.286 e. The monoisotopic (exact) mass is 466 g/mol. The maximum absolute atomic E-state index is 10.6. The summed E-state index contributed by atoms with van der Waals surface area (Å²) in [4.78, 5) is 0. The largest absolute Gasteiger partial charge is 0.286 e. The van der Waals surface area contributed by atoms with E-state index in [1.807, 2.05) is 0 Å². The van der Waals surface area contributed by atoms with Crippen LogP contribution in [-0.2, 0) is 29.6 Å². The average Bonchev–Trinajstić information content (AvgIpc) is 3.14. The fourth-order valence-corrected chi connectivity index (χ4v) is 6.31. The van der Waals surface area contributed by atoms with Crippen molar-refractivity contribution in [1.82, 2.24) is 0 Å². The molecule has 0 aromatic carbocycles. The highest BCUT2D eigenvalue weighted by Gasteiger charge is 2.28. The van der Waals surface area contributed by atoms with Gasteiger partial charge in [0.25, 0.3) is 20.2 Å². The van der Waals surface area contributed by atoms with Crippen LogP contribution in [0.25, 0.3) is 0 Å². The van der Waals surface area contributed by atoms with Crippen LogP contribution in [-0.4, -0.2) is 48.5 Å². The Morgan fingerprint density at radius 3 is 1.68 bits per heavy atom. The summed E-state index contributed by atoms with van der Waals surface area (Å²) in [6.07, 6.45) is 6.63. The van der Waals surface area contributed by atoms with Crippen molar-refractivity contribution in [2.75, 3.05) is 17.3 Å². The van der Waals surface area contributed by atoms with E-state index in [1.165, 1.54) is 0 Å². The Morgan fingerprint density at radius 1 is 0.857 bits per heavy atom. The molecule has 2 aliphatic carbocycles. The first-order valence-electron chi connectivity index (χ1n) is 9.02. The van der Waals surface area contributed by atoms with Gasteiger partial charge >= 0.3 is 0 Å². The van der Waals surface area contributed by atoms with Gasteiger partial charge in [-0.2, -0.15) is 16.8 Å². The predicted octanol–water partition coefficient (Wildman–Crippen LogP) is 3.70. The molecule has 0 bridgehead atoms. The second-order valence-corrected chi connectivity index (χ2v) is 11.1. The van der Waals surface area contributed by atoms with Gasteiger partial charge in [-0.3, -0.25) is 9.11 Å². The minimum atomic E-state index is -3.86. The summed E-state index contributed by atoms with van der Waals surface area (Å²) in [7, 11) is -7.60. The molecule has 28 heavy (non-hydrogen) atoms. The van der Waals surface area contributed by atoms with E-state index in [0.29, 0.717) is 17.6 Å². The van der Waals surface area contributed by atoms with E-state index in [9.17, 15) is 16.8 Å². The Labute approximate surface area is 173 Å². The molecular weight excluding hydrogens is 432 g/mol. The molecule has 0 radical (unpaired) electrons. The molecule has 170 valence electrons. The molecule has 3 N–H and O–H groups in total. The number of rotatable bonds is 9. The summed E-state index contributed by atoms with van der Waals surface area (Å²) < 4.78 is 63.8. The Kier molecular flexibility index (Phi) is 13.4. The molecule has 0 saturated heterocycles. The Balaban J connectivity index is 0.000000514. The maximum atomic E-state index is 10.6. The van der Waals surface area contributed by atoms with E-state index < -0.39 is 20.2 Å². The average molecular weight is 467 g/mol. The minimum absolute atomic E-state index is 0. The van der Waals surface area contributed by atoms with Crippen LogP contribution in [0.1, 0.15) is 59.3 Å². The molecule has 4 atom stereocenters. The molecule has 2 rings (SSSR count). The SMILES string of the molecule is C.CCC1CCC(CS(=O)(=O)O)C1.O=S(=O)(O)CC1CCC(CSOOO)C1. The van der Waals surface area contributed by atoms with Crippen LogP contribution in [0.3, 0.4) is 0 Å². The van der Waals surface area contributed by atoms with Crippen molar-refractivity contribution < 1.29 is 40.6 Å². The predicted molar refractivity (Wildman–Crippen MR) is 109 cm³/mol. The zero-order valence-corrected chi connectivity index (χ0v) is 17.8. The van der Waals surface area contributed by atoms with Crippen molar-refractivity contribution >= 4 is 32.3 Å². The Bertz CT molecular complexity index is 621. The molecule has 4 unspecified atom stereocenters. The lowest BCUT2D eigenvalue weighted by molar-refractivity contribution is -0.432. The molecule has 0 amide bonds.